The largest absolute Gasteiger partial charge is 0.457 e. The lowest BCUT2D eigenvalue weighted by molar-refractivity contribution is -0.114. The number of likely N-dealkylation sites (tertiary alicyclic amines) is 1. The van der Waals surface area contributed by atoms with Gasteiger partial charge in [0.1, 0.15) is 22.9 Å². The van der Waals surface area contributed by atoms with Gasteiger partial charge in [-0.05, 0) is 49.2 Å². The standard InChI is InChI=1S/C23H26N6O2/c24-12-15-29-13-10-17(11-14-29)28-22(26)20(23(27)30)21(25)16-6-8-19(9-7-16)31-18-4-2-1-3-5-18/h1-9,17,25,28H,10-11,13-15,26H2,(H2,27,30)/b22-20+,25-21?. The summed E-state index contributed by atoms with van der Waals surface area (Å²) in [5.74, 6) is 0.655. The molecule has 0 aromatic heterocycles. The van der Waals surface area contributed by atoms with E-state index < -0.39 is 5.91 Å². The average molecular weight is 419 g/mol. The third kappa shape index (κ3) is 5.84. The third-order valence-electron chi connectivity index (χ3n) is 5.13. The Kier molecular flexibility index (Phi) is 7.25. The van der Waals surface area contributed by atoms with E-state index in [1.165, 1.54) is 0 Å². The van der Waals surface area contributed by atoms with Crippen LogP contribution in [0.2, 0.25) is 0 Å². The lowest BCUT2D eigenvalue weighted by atomic mass is 10.0. The molecule has 8 heteroatoms. The maximum Gasteiger partial charge on any atom is 0.254 e. The zero-order valence-corrected chi connectivity index (χ0v) is 17.2. The zero-order valence-electron chi connectivity index (χ0n) is 17.2. The van der Waals surface area contributed by atoms with Crippen molar-refractivity contribution in [2.75, 3.05) is 19.6 Å². The molecule has 0 atom stereocenters. The lowest BCUT2D eigenvalue weighted by Gasteiger charge is -2.31. The Hall–Kier alpha value is -3.83. The van der Waals surface area contributed by atoms with E-state index in [0.29, 0.717) is 23.6 Å². The SMILES string of the molecule is N#CCN1CCC(N/C(N)=C(\C(=N)c2ccc(Oc3ccccc3)cc2)C(N)=O)CC1. The quantitative estimate of drug-likeness (QED) is 0.294. The van der Waals surface area contributed by atoms with E-state index in [4.69, 9.17) is 26.9 Å². The number of carbonyl (C=O) groups is 1. The molecule has 1 aliphatic rings. The van der Waals surface area contributed by atoms with Gasteiger partial charge < -0.3 is 21.5 Å². The van der Waals surface area contributed by atoms with Crippen LogP contribution in [0.3, 0.4) is 0 Å². The van der Waals surface area contributed by atoms with E-state index in [1.807, 2.05) is 30.3 Å². The second-order valence-corrected chi connectivity index (χ2v) is 7.32. The third-order valence-corrected chi connectivity index (χ3v) is 5.13. The number of para-hydroxylation sites is 1. The van der Waals surface area contributed by atoms with E-state index in [-0.39, 0.29) is 23.1 Å². The molecule has 0 spiro atoms. The highest BCUT2D eigenvalue weighted by atomic mass is 16.5. The minimum absolute atomic E-state index is 0.0452. The highest BCUT2D eigenvalue weighted by molar-refractivity contribution is 6.26. The van der Waals surface area contributed by atoms with E-state index >= 15 is 0 Å². The number of nitrogens with two attached hydrogens (primary N) is 2. The van der Waals surface area contributed by atoms with Gasteiger partial charge in [-0.2, -0.15) is 5.26 Å². The minimum Gasteiger partial charge on any atom is -0.457 e. The number of carbonyl (C=O) groups excluding carboxylic acids is 1. The van der Waals surface area contributed by atoms with Crippen LogP contribution in [0.15, 0.2) is 66.0 Å². The van der Waals surface area contributed by atoms with Gasteiger partial charge in [-0.15, -0.1) is 0 Å². The van der Waals surface area contributed by atoms with Gasteiger partial charge in [0.05, 0.1) is 18.3 Å². The molecule has 8 nitrogen and oxygen atoms in total. The fourth-order valence-electron chi connectivity index (χ4n) is 3.48. The molecular weight excluding hydrogens is 392 g/mol. The number of benzene rings is 2. The molecule has 0 aliphatic carbocycles. The number of primary amides is 1. The molecule has 31 heavy (non-hydrogen) atoms. The Labute approximate surface area is 181 Å². The summed E-state index contributed by atoms with van der Waals surface area (Å²) < 4.78 is 5.76. The van der Waals surface area contributed by atoms with Crippen LogP contribution in [0.5, 0.6) is 11.5 Å². The van der Waals surface area contributed by atoms with Gasteiger partial charge in [0.25, 0.3) is 5.91 Å². The fourth-order valence-corrected chi connectivity index (χ4v) is 3.48. The molecule has 160 valence electrons. The monoisotopic (exact) mass is 418 g/mol. The maximum atomic E-state index is 12.1. The van der Waals surface area contributed by atoms with Crippen LogP contribution in [0.25, 0.3) is 0 Å². The lowest BCUT2D eigenvalue weighted by Crippen LogP contribution is -2.44. The second kappa shape index (κ2) is 10.3. The summed E-state index contributed by atoms with van der Waals surface area (Å²) in [5.41, 5.74) is 12.1. The molecule has 3 rings (SSSR count). The van der Waals surface area contributed by atoms with Gasteiger partial charge in [-0.3, -0.25) is 15.1 Å². The number of amides is 1. The number of hydrogen-bond acceptors (Lipinski definition) is 7. The number of nitrogens with zero attached hydrogens (tertiary/aromatic N) is 2. The van der Waals surface area contributed by atoms with E-state index in [2.05, 4.69) is 16.3 Å². The van der Waals surface area contributed by atoms with E-state index in [0.717, 1.165) is 25.9 Å². The molecule has 1 aliphatic heterocycles. The summed E-state index contributed by atoms with van der Waals surface area (Å²) in [5, 5.41) is 20.4. The zero-order chi connectivity index (χ0) is 22.2. The fraction of sp³-hybridized carbons (Fsp3) is 0.261. The van der Waals surface area contributed by atoms with Gasteiger partial charge in [-0.25, -0.2) is 0 Å². The van der Waals surface area contributed by atoms with Gasteiger partial charge >= 0.3 is 0 Å². The predicted octanol–water partition coefficient (Wildman–Crippen LogP) is 2.08. The molecule has 1 heterocycles. The first-order valence-corrected chi connectivity index (χ1v) is 10.1. The number of piperidine rings is 1. The summed E-state index contributed by atoms with van der Waals surface area (Å²) >= 11 is 0. The number of rotatable bonds is 8. The molecule has 6 N–H and O–H groups in total. The second-order valence-electron chi connectivity index (χ2n) is 7.32. The molecule has 0 radical (unpaired) electrons. The van der Waals surface area contributed by atoms with Crippen molar-refractivity contribution in [3.05, 3.63) is 71.6 Å². The first-order valence-electron chi connectivity index (χ1n) is 10.1. The van der Waals surface area contributed by atoms with Crippen molar-refractivity contribution in [2.24, 2.45) is 11.5 Å². The Balaban J connectivity index is 1.69. The van der Waals surface area contributed by atoms with Crippen molar-refractivity contribution < 1.29 is 9.53 Å². The molecule has 0 saturated carbocycles. The highest BCUT2D eigenvalue weighted by Gasteiger charge is 2.23. The van der Waals surface area contributed by atoms with Crippen LogP contribution < -0.4 is 21.5 Å². The summed E-state index contributed by atoms with van der Waals surface area (Å²) in [7, 11) is 0. The van der Waals surface area contributed by atoms with Gasteiger partial charge in [0.2, 0.25) is 0 Å². The summed E-state index contributed by atoms with van der Waals surface area (Å²) in [4.78, 5) is 14.1. The minimum atomic E-state index is -0.762. The molecule has 0 unspecified atom stereocenters. The van der Waals surface area contributed by atoms with Gasteiger partial charge in [-0.1, -0.05) is 18.2 Å². The molecule has 0 bridgehead atoms. The van der Waals surface area contributed by atoms with Gasteiger partial charge in [0, 0.05) is 24.7 Å². The molecule has 1 saturated heterocycles. The van der Waals surface area contributed by atoms with Crippen molar-refractivity contribution in [3.8, 4) is 17.6 Å². The Morgan fingerprint density at radius 1 is 1.10 bits per heavy atom. The van der Waals surface area contributed by atoms with Crippen LogP contribution in [0.1, 0.15) is 18.4 Å². The topological polar surface area (TPSA) is 141 Å². The van der Waals surface area contributed by atoms with Crippen molar-refractivity contribution in [3.63, 3.8) is 0 Å². The van der Waals surface area contributed by atoms with E-state index in [9.17, 15) is 4.79 Å². The first-order chi connectivity index (χ1) is 15.0. The number of ether oxygens (including phenoxy) is 1. The van der Waals surface area contributed by atoms with Gasteiger partial charge in [0.15, 0.2) is 0 Å². The Bertz CT molecular complexity index is 987. The van der Waals surface area contributed by atoms with Crippen LogP contribution in [0.4, 0.5) is 0 Å². The Morgan fingerprint density at radius 3 is 2.29 bits per heavy atom. The maximum absolute atomic E-state index is 12.1. The molecule has 2 aromatic carbocycles. The average Bonchev–Trinajstić information content (AvgIpc) is 2.76. The van der Waals surface area contributed by atoms with Crippen LogP contribution in [-0.2, 0) is 4.79 Å². The first kappa shape index (κ1) is 21.9. The summed E-state index contributed by atoms with van der Waals surface area (Å²) in [6.07, 6.45) is 1.57. The molecule has 2 aromatic rings. The normalized spacial score (nSPS) is 15.5. The Morgan fingerprint density at radius 2 is 1.71 bits per heavy atom. The molecule has 1 fully saturated rings. The number of hydrogen-bond donors (Lipinski definition) is 4. The van der Waals surface area contributed by atoms with Crippen molar-refractivity contribution >= 4 is 11.6 Å². The number of nitriles is 1. The van der Waals surface area contributed by atoms with Crippen molar-refractivity contribution in [1.29, 1.82) is 10.7 Å². The smallest absolute Gasteiger partial charge is 0.254 e. The predicted molar refractivity (Wildman–Crippen MR) is 118 cm³/mol. The molecular formula is C23H26N6O2. The van der Waals surface area contributed by atoms with Crippen molar-refractivity contribution in [1.82, 2.24) is 10.2 Å². The highest BCUT2D eigenvalue weighted by Crippen LogP contribution is 2.22. The van der Waals surface area contributed by atoms with Crippen LogP contribution in [0, 0.1) is 16.7 Å². The van der Waals surface area contributed by atoms with E-state index in [1.54, 1.807) is 24.3 Å². The summed E-state index contributed by atoms with van der Waals surface area (Å²) in [6.45, 7) is 1.94. The van der Waals surface area contributed by atoms with Crippen LogP contribution >= 0.6 is 0 Å². The number of nitrogens with one attached hydrogen (secondary N) is 2. The van der Waals surface area contributed by atoms with Crippen LogP contribution in [-0.4, -0.2) is 42.2 Å². The summed E-state index contributed by atoms with van der Waals surface area (Å²) in [6, 6.07) is 18.4. The molecule has 1 amide bonds. The van der Waals surface area contributed by atoms with Crippen molar-refractivity contribution in [2.45, 2.75) is 18.9 Å².